The van der Waals surface area contributed by atoms with Gasteiger partial charge in [-0.15, -0.1) is 0 Å². The molecule has 0 aliphatic rings. The molecule has 1 aromatic rings. The third-order valence-corrected chi connectivity index (χ3v) is 3.34. The van der Waals surface area contributed by atoms with Gasteiger partial charge in [0.1, 0.15) is 17.4 Å². The molecule has 1 aromatic carbocycles. The van der Waals surface area contributed by atoms with Crippen molar-refractivity contribution in [3.8, 4) is 5.75 Å². The largest absolute Gasteiger partial charge is 0.497 e. The molecule has 0 radical (unpaired) electrons. The van der Waals surface area contributed by atoms with Crippen molar-refractivity contribution in [2.24, 2.45) is 0 Å². The van der Waals surface area contributed by atoms with Gasteiger partial charge in [-0.05, 0) is 18.4 Å². The molecule has 0 unspecified atom stereocenters. The summed E-state index contributed by atoms with van der Waals surface area (Å²) in [6.07, 6.45) is 0.622. The number of rotatable bonds is 8. The van der Waals surface area contributed by atoms with E-state index in [9.17, 15) is 8.78 Å². The van der Waals surface area contributed by atoms with Gasteiger partial charge in [-0.25, -0.2) is 8.78 Å². The Labute approximate surface area is 119 Å². The van der Waals surface area contributed by atoms with E-state index in [4.69, 9.17) is 9.47 Å². The summed E-state index contributed by atoms with van der Waals surface area (Å²) < 4.78 is 37.9. The van der Waals surface area contributed by atoms with E-state index in [0.717, 1.165) is 6.54 Å². The van der Waals surface area contributed by atoms with E-state index in [1.165, 1.54) is 19.2 Å². The maximum atomic E-state index is 14.1. The molecule has 0 saturated carbocycles. The lowest BCUT2D eigenvalue weighted by molar-refractivity contribution is 0.198. The first-order chi connectivity index (χ1) is 9.42. The van der Waals surface area contributed by atoms with Crippen LogP contribution in [0.4, 0.5) is 8.78 Å². The van der Waals surface area contributed by atoms with Crippen molar-refractivity contribution in [3.63, 3.8) is 0 Å². The monoisotopic (exact) mass is 287 g/mol. The molecule has 0 bridgehead atoms. The van der Waals surface area contributed by atoms with Crippen LogP contribution < -0.4 is 10.1 Å². The normalized spacial score (nSPS) is 11.7. The molecule has 0 aliphatic heterocycles. The van der Waals surface area contributed by atoms with Crippen molar-refractivity contribution in [2.75, 3.05) is 33.9 Å². The first-order valence-corrected chi connectivity index (χ1v) is 6.65. The Balaban J connectivity index is 2.76. The molecule has 0 heterocycles. The van der Waals surface area contributed by atoms with Gasteiger partial charge in [0.25, 0.3) is 0 Å². The van der Waals surface area contributed by atoms with Crippen LogP contribution >= 0.6 is 0 Å². The highest BCUT2D eigenvalue weighted by Gasteiger charge is 2.28. The van der Waals surface area contributed by atoms with Crippen molar-refractivity contribution in [3.05, 3.63) is 29.3 Å². The van der Waals surface area contributed by atoms with Gasteiger partial charge in [0, 0.05) is 31.4 Å². The summed E-state index contributed by atoms with van der Waals surface area (Å²) in [7, 11) is 3.02. The van der Waals surface area contributed by atoms with E-state index in [-0.39, 0.29) is 11.3 Å². The van der Waals surface area contributed by atoms with E-state index >= 15 is 0 Å². The lowest BCUT2D eigenvalue weighted by atomic mass is 9.80. The van der Waals surface area contributed by atoms with Crippen LogP contribution in [0.3, 0.4) is 0 Å². The van der Waals surface area contributed by atoms with Crippen LogP contribution in [-0.2, 0) is 10.2 Å². The number of nitrogens with one attached hydrogen (secondary N) is 1. The Morgan fingerprint density at radius 1 is 1.10 bits per heavy atom. The molecule has 0 amide bonds. The first kappa shape index (κ1) is 16.9. The summed E-state index contributed by atoms with van der Waals surface area (Å²) in [5, 5.41) is 3.18. The molecule has 0 aromatic heterocycles. The summed E-state index contributed by atoms with van der Waals surface area (Å²) in [5.74, 6) is -0.940. The van der Waals surface area contributed by atoms with Gasteiger partial charge in [0.2, 0.25) is 0 Å². The molecular formula is C15H23F2NO2. The van der Waals surface area contributed by atoms with E-state index in [1.807, 2.05) is 13.8 Å². The number of hydrogen-bond acceptors (Lipinski definition) is 3. The van der Waals surface area contributed by atoms with Crippen molar-refractivity contribution in [2.45, 2.75) is 25.7 Å². The highest BCUT2D eigenvalue weighted by molar-refractivity contribution is 5.34. The van der Waals surface area contributed by atoms with Gasteiger partial charge in [0.05, 0.1) is 13.7 Å². The highest BCUT2D eigenvalue weighted by atomic mass is 19.1. The van der Waals surface area contributed by atoms with Crippen molar-refractivity contribution >= 4 is 0 Å². The Kier molecular flexibility index (Phi) is 6.36. The molecule has 0 spiro atoms. The zero-order valence-electron chi connectivity index (χ0n) is 12.6. The van der Waals surface area contributed by atoms with E-state index < -0.39 is 17.0 Å². The number of benzene rings is 1. The number of methoxy groups -OCH3 is 2. The third-order valence-electron chi connectivity index (χ3n) is 3.34. The van der Waals surface area contributed by atoms with Crippen LogP contribution in [-0.4, -0.2) is 33.9 Å². The predicted octanol–water partition coefficient (Wildman–Crippen LogP) is 2.88. The molecule has 20 heavy (non-hydrogen) atoms. The molecule has 3 nitrogen and oxygen atoms in total. The number of ether oxygens (including phenoxy) is 2. The Bertz CT molecular complexity index is 413. The summed E-state index contributed by atoms with van der Waals surface area (Å²) in [6.45, 7) is 5.67. The Morgan fingerprint density at radius 3 is 2.20 bits per heavy atom. The van der Waals surface area contributed by atoms with Crippen molar-refractivity contribution in [1.82, 2.24) is 5.32 Å². The molecule has 1 N–H and O–H groups in total. The number of hydrogen-bond donors (Lipinski definition) is 1. The summed E-state index contributed by atoms with van der Waals surface area (Å²) >= 11 is 0. The van der Waals surface area contributed by atoms with Crippen molar-refractivity contribution in [1.29, 1.82) is 0 Å². The first-order valence-electron chi connectivity index (χ1n) is 6.65. The summed E-state index contributed by atoms with van der Waals surface area (Å²) in [4.78, 5) is 0. The standard InChI is InChI=1S/C15H23F2NO2/c1-15(2,5-6-18-7-8-19-3)14-12(16)9-11(20-4)10-13(14)17/h9-10,18H,5-8H2,1-4H3. The lowest BCUT2D eigenvalue weighted by Gasteiger charge is -2.26. The second-order valence-corrected chi connectivity index (χ2v) is 5.34. The van der Waals surface area contributed by atoms with Gasteiger partial charge in [-0.2, -0.15) is 0 Å². The second-order valence-electron chi connectivity index (χ2n) is 5.34. The van der Waals surface area contributed by atoms with Gasteiger partial charge in [-0.1, -0.05) is 13.8 Å². The average molecular weight is 287 g/mol. The maximum Gasteiger partial charge on any atom is 0.133 e. The van der Waals surface area contributed by atoms with Crippen molar-refractivity contribution < 1.29 is 18.3 Å². The van der Waals surface area contributed by atoms with Gasteiger partial charge in [-0.3, -0.25) is 0 Å². The fraction of sp³-hybridized carbons (Fsp3) is 0.600. The lowest BCUT2D eigenvalue weighted by Crippen LogP contribution is -2.29. The zero-order valence-corrected chi connectivity index (χ0v) is 12.6. The molecule has 0 atom stereocenters. The number of halogens is 2. The van der Waals surface area contributed by atoms with E-state index in [0.29, 0.717) is 19.6 Å². The maximum absolute atomic E-state index is 14.1. The molecule has 5 heteroatoms. The van der Waals surface area contributed by atoms with Crippen LogP contribution in [0.25, 0.3) is 0 Å². The minimum Gasteiger partial charge on any atom is -0.497 e. The minimum absolute atomic E-state index is 0.104. The minimum atomic E-state index is -0.597. The molecule has 1 rings (SSSR count). The Hall–Kier alpha value is -1.20. The van der Waals surface area contributed by atoms with Crippen LogP contribution in [0.1, 0.15) is 25.8 Å². The zero-order chi connectivity index (χ0) is 15.2. The molecule has 114 valence electrons. The topological polar surface area (TPSA) is 30.5 Å². The fourth-order valence-corrected chi connectivity index (χ4v) is 2.14. The average Bonchev–Trinajstić information content (AvgIpc) is 2.37. The van der Waals surface area contributed by atoms with Crippen LogP contribution in [0.5, 0.6) is 5.75 Å². The molecular weight excluding hydrogens is 264 g/mol. The van der Waals surface area contributed by atoms with Gasteiger partial charge in [0.15, 0.2) is 0 Å². The van der Waals surface area contributed by atoms with Gasteiger partial charge >= 0.3 is 0 Å². The molecule has 0 aliphatic carbocycles. The quantitative estimate of drug-likeness (QED) is 0.746. The smallest absolute Gasteiger partial charge is 0.133 e. The van der Waals surface area contributed by atoms with Gasteiger partial charge < -0.3 is 14.8 Å². The predicted molar refractivity (Wildman–Crippen MR) is 75.3 cm³/mol. The SMILES string of the molecule is COCCNCCC(C)(C)c1c(F)cc(OC)cc1F. The fourth-order valence-electron chi connectivity index (χ4n) is 2.14. The van der Waals surface area contributed by atoms with E-state index in [2.05, 4.69) is 5.32 Å². The Morgan fingerprint density at radius 2 is 1.70 bits per heavy atom. The summed E-state index contributed by atoms with van der Waals surface area (Å²) in [5.41, 5.74) is -0.493. The highest BCUT2D eigenvalue weighted by Crippen LogP contribution is 2.33. The molecule has 0 fully saturated rings. The summed E-state index contributed by atoms with van der Waals surface area (Å²) in [6, 6.07) is 2.44. The van der Waals surface area contributed by atoms with E-state index in [1.54, 1.807) is 7.11 Å². The molecule has 0 saturated heterocycles. The third kappa shape index (κ3) is 4.42. The van der Waals surface area contributed by atoms with Crippen LogP contribution in [0, 0.1) is 11.6 Å². The van der Waals surface area contributed by atoms with Crippen LogP contribution in [0.15, 0.2) is 12.1 Å². The van der Waals surface area contributed by atoms with Crippen LogP contribution in [0.2, 0.25) is 0 Å². The second kappa shape index (κ2) is 7.55.